The number of thioether (sulfide) groups is 3. The standard InChI is InChI=1S/C14H12Cl2N4OS4/c15-9-2-1-8(5-10(9)16)6-23-14-20-19-12(25-14)18-11(21)7-24-13-17-3-4-22-13/h1-2,5H,3-4,6-7H2,(H,18,19,21). The number of carbonyl (C=O) groups is 1. The molecular weight excluding hydrogens is 439 g/mol. The quantitative estimate of drug-likeness (QED) is 0.497. The molecule has 3 rings (SSSR count). The average molecular weight is 451 g/mol. The van der Waals surface area contributed by atoms with E-state index in [1.807, 2.05) is 12.1 Å². The van der Waals surface area contributed by atoms with Crippen LogP contribution in [0.15, 0.2) is 27.5 Å². The number of benzene rings is 1. The summed E-state index contributed by atoms with van der Waals surface area (Å²) in [6.07, 6.45) is 0. The number of hydrogen-bond acceptors (Lipinski definition) is 8. The van der Waals surface area contributed by atoms with Crippen LogP contribution in [-0.2, 0) is 10.5 Å². The van der Waals surface area contributed by atoms with Crippen molar-refractivity contribution in [3.05, 3.63) is 33.8 Å². The van der Waals surface area contributed by atoms with Gasteiger partial charge in [-0.1, -0.05) is 75.9 Å². The van der Waals surface area contributed by atoms with Crippen molar-refractivity contribution in [2.45, 2.75) is 10.1 Å². The normalized spacial score (nSPS) is 13.8. The van der Waals surface area contributed by atoms with Crippen molar-refractivity contribution < 1.29 is 4.79 Å². The van der Waals surface area contributed by atoms with Gasteiger partial charge in [0.25, 0.3) is 0 Å². The second kappa shape index (κ2) is 9.48. The van der Waals surface area contributed by atoms with Crippen molar-refractivity contribution in [1.29, 1.82) is 0 Å². The van der Waals surface area contributed by atoms with Crippen LogP contribution in [0.5, 0.6) is 0 Å². The molecule has 0 bridgehead atoms. The molecule has 0 spiro atoms. The van der Waals surface area contributed by atoms with Crippen molar-refractivity contribution in [3.63, 3.8) is 0 Å². The number of amides is 1. The number of nitrogens with one attached hydrogen (secondary N) is 1. The van der Waals surface area contributed by atoms with Crippen LogP contribution in [0.4, 0.5) is 5.13 Å². The third-order valence-electron chi connectivity index (χ3n) is 2.88. The average Bonchev–Trinajstić information content (AvgIpc) is 3.26. The molecule has 2 aromatic rings. The maximum Gasteiger partial charge on any atom is 0.236 e. The van der Waals surface area contributed by atoms with E-state index in [2.05, 4.69) is 20.5 Å². The first-order valence-corrected chi connectivity index (χ1v) is 11.6. The fourth-order valence-electron chi connectivity index (χ4n) is 1.78. The maximum atomic E-state index is 11.9. The van der Waals surface area contributed by atoms with Crippen molar-refractivity contribution in [2.24, 2.45) is 4.99 Å². The molecule has 0 atom stereocenters. The summed E-state index contributed by atoms with van der Waals surface area (Å²) in [7, 11) is 0. The first-order chi connectivity index (χ1) is 12.1. The van der Waals surface area contributed by atoms with Crippen LogP contribution in [0, 0.1) is 0 Å². The van der Waals surface area contributed by atoms with Gasteiger partial charge in [-0.05, 0) is 17.7 Å². The molecule has 0 saturated heterocycles. The highest BCUT2D eigenvalue weighted by atomic mass is 35.5. The Kier molecular flexibility index (Phi) is 7.32. The fourth-order valence-corrected chi connectivity index (χ4v) is 5.62. The molecule has 25 heavy (non-hydrogen) atoms. The smallest absolute Gasteiger partial charge is 0.236 e. The molecule has 0 fully saturated rings. The number of anilines is 1. The Morgan fingerprint density at radius 3 is 2.88 bits per heavy atom. The molecule has 1 N–H and O–H groups in total. The lowest BCUT2D eigenvalue weighted by Gasteiger charge is -2.01. The first kappa shape index (κ1) is 19.3. The summed E-state index contributed by atoms with van der Waals surface area (Å²) < 4.78 is 1.76. The molecule has 1 aromatic heterocycles. The molecular formula is C14H12Cl2N4OS4. The van der Waals surface area contributed by atoms with E-state index < -0.39 is 0 Å². The van der Waals surface area contributed by atoms with E-state index in [1.165, 1.54) is 34.9 Å². The van der Waals surface area contributed by atoms with Crippen LogP contribution in [-0.4, -0.2) is 38.5 Å². The minimum Gasteiger partial charge on any atom is -0.300 e. The molecule has 0 radical (unpaired) electrons. The summed E-state index contributed by atoms with van der Waals surface area (Å²) >= 11 is 17.9. The van der Waals surface area contributed by atoms with Gasteiger partial charge in [-0.25, -0.2) is 0 Å². The summed E-state index contributed by atoms with van der Waals surface area (Å²) in [5.41, 5.74) is 1.05. The predicted octanol–water partition coefficient (Wildman–Crippen LogP) is 4.91. The van der Waals surface area contributed by atoms with Gasteiger partial charge in [-0.3, -0.25) is 15.1 Å². The molecule has 1 aliphatic rings. The van der Waals surface area contributed by atoms with Crippen LogP contribution < -0.4 is 5.32 Å². The number of aliphatic imine (C=N–C) groups is 1. The van der Waals surface area contributed by atoms with Crippen LogP contribution in [0.2, 0.25) is 10.0 Å². The lowest BCUT2D eigenvalue weighted by Crippen LogP contribution is -2.14. The highest BCUT2D eigenvalue weighted by Crippen LogP contribution is 2.30. The van der Waals surface area contributed by atoms with Gasteiger partial charge in [-0.15, -0.1) is 10.2 Å². The Morgan fingerprint density at radius 1 is 1.24 bits per heavy atom. The molecule has 1 aliphatic heterocycles. The summed E-state index contributed by atoms with van der Waals surface area (Å²) in [4.78, 5) is 16.2. The van der Waals surface area contributed by atoms with Crippen LogP contribution in [0.1, 0.15) is 5.56 Å². The summed E-state index contributed by atoms with van der Waals surface area (Å²) in [6, 6.07) is 5.53. The molecule has 0 unspecified atom stereocenters. The summed E-state index contributed by atoms with van der Waals surface area (Å²) in [5.74, 6) is 1.93. The van der Waals surface area contributed by atoms with E-state index >= 15 is 0 Å². The second-order valence-electron chi connectivity index (χ2n) is 4.74. The number of halogens is 2. The first-order valence-electron chi connectivity index (χ1n) is 7.10. The highest BCUT2D eigenvalue weighted by Gasteiger charge is 2.13. The molecule has 1 amide bonds. The highest BCUT2D eigenvalue weighted by molar-refractivity contribution is 8.39. The lowest BCUT2D eigenvalue weighted by atomic mass is 10.2. The zero-order valence-electron chi connectivity index (χ0n) is 12.7. The Hall–Kier alpha value is -0.450. The van der Waals surface area contributed by atoms with Gasteiger partial charge in [0.05, 0.1) is 22.3 Å². The van der Waals surface area contributed by atoms with Gasteiger partial charge in [0.15, 0.2) is 4.34 Å². The monoisotopic (exact) mass is 450 g/mol. The largest absolute Gasteiger partial charge is 0.300 e. The van der Waals surface area contributed by atoms with Crippen molar-refractivity contribution in [2.75, 3.05) is 23.4 Å². The minimum atomic E-state index is -0.0996. The number of nitrogens with zero attached hydrogens (tertiary/aromatic N) is 3. The Morgan fingerprint density at radius 2 is 2.12 bits per heavy atom. The molecule has 0 aliphatic carbocycles. The molecule has 1 aromatic carbocycles. The van der Waals surface area contributed by atoms with E-state index in [4.69, 9.17) is 23.2 Å². The van der Waals surface area contributed by atoms with E-state index in [-0.39, 0.29) is 5.91 Å². The number of carbonyl (C=O) groups excluding carboxylic acids is 1. The zero-order chi connectivity index (χ0) is 17.6. The fraction of sp³-hybridized carbons (Fsp3) is 0.286. The lowest BCUT2D eigenvalue weighted by molar-refractivity contribution is -0.113. The Labute approximate surface area is 171 Å². The predicted molar refractivity (Wildman–Crippen MR) is 112 cm³/mol. The van der Waals surface area contributed by atoms with Crippen LogP contribution in [0.25, 0.3) is 0 Å². The van der Waals surface area contributed by atoms with Gasteiger partial charge in [0.2, 0.25) is 11.0 Å². The molecule has 5 nitrogen and oxygen atoms in total. The van der Waals surface area contributed by atoms with Crippen molar-refractivity contribution in [1.82, 2.24) is 10.2 Å². The van der Waals surface area contributed by atoms with Gasteiger partial charge in [0, 0.05) is 11.5 Å². The summed E-state index contributed by atoms with van der Waals surface area (Å²) in [6.45, 7) is 0.838. The molecule has 132 valence electrons. The Balaban J connectivity index is 1.46. The third kappa shape index (κ3) is 6.04. The van der Waals surface area contributed by atoms with Gasteiger partial charge in [0.1, 0.15) is 4.38 Å². The minimum absolute atomic E-state index is 0.0996. The van der Waals surface area contributed by atoms with Gasteiger partial charge < -0.3 is 0 Å². The summed E-state index contributed by atoms with van der Waals surface area (Å²) in [5, 5.41) is 12.4. The zero-order valence-corrected chi connectivity index (χ0v) is 17.5. The van der Waals surface area contributed by atoms with Crippen LogP contribution in [0.3, 0.4) is 0 Å². The van der Waals surface area contributed by atoms with Gasteiger partial charge in [-0.2, -0.15) is 0 Å². The maximum absolute atomic E-state index is 11.9. The topological polar surface area (TPSA) is 67.2 Å². The van der Waals surface area contributed by atoms with E-state index in [9.17, 15) is 4.79 Å². The number of rotatable bonds is 6. The SMILES string of the molecule is O=C(CSC1=NCCS1)Nc1nnc(SCc2ccc(Cl)c(Cl)c2)s1. The third-order valence-corrected chi connectivity index (χ3v) is 7.92. The number of hydrogen-bond donors (Lipinski definition) is 1. The van der Waals surface area contributed by atoms with Crippen molar-refractivity contribution >= 4 is 85.2 Å². The van der Waals surface area contributed by atoms with Crippen molar-refractivity contribution in [3.8, 4) is 0 Å². The Bertz CT molecular complexity index is 799. The van der Waals surface area contributed by atoms with E-state index in [0.717, 1.165) is 26.6 Å². The van der Waals surface area contributed by atoms with Crippen LogP contribution >= 0.6 is 69.8 Å². The molecule has 2 heterocycles. The van der Waals surface area contributed by atoms with Gasteiger partial charge >= 0.3 is 0 Å². The molecule has 11 heteroatoms. The second-order valence-corrected chi connectivity index (χ2v) is 10.1. The molecule has 0 saturated carbocycles. The van der Waals surface area contributed by atoms with E-state index in [0.29, 0.717) is 26.7 Å². The number of aromatic nitrogens is 2. The van der Waals surface area contributed by atoms with E-state index in [1.54, 1.807) is 17.8 Å².